The molecule has 0 aromatic carbocycles. The van der Waals surface area contributed by atoms with Crippen LogP contribution in [0.1, 0.15) is 10.4 Å². The van der Waals surface area contributed by atoms with Crippen LogP contribution in [0.25, 0.3) is 0 Å². The molecule has 2 aromatic rings. The molecule has 0 atom stereocenters. The molecule has 0 saturated heterocycles. The molecule has 0 fully saturated rings. The number of carboxylic acid groups (broad SMARTS) is 1. The van der Waals surface area contributed by atoms with Crippen LogP contribution in [0.3, 0.4) is 0 Å². The number of hydrogen-bond donors (Lipinski definition) is 1. The van der Waals surface area contributed by atoms with Gasteiger partial charge in [0.05, 0.1) is 19.8 Å². The fourth-order valence-corrected chi connectivity index (χ4v) is 1.89. The number of carboxylic acids is 1. The van der Waals surface area contributed by atoms with Gasteiger partial charge < -0.3 is 14.6 Å². The number of methoxy groups -OCH3 is 2. The monoisotopic (exact) mass is 294 g/mol. The molecule has 0 bridgehead atoms. The molecule has 0 aliphatic heterocycles. The molecule has 2 heterocycles. The van der Waals surface area contributed by atoms with Crippen molar-refractivity contribution >= 4 is 17.7 Å². The van der Waals surface area contributed by atoms with Crippen molar-refractivity contribution in [1.82, 2.24) is 19.9 Å². The van der Waals surface area contributed by atoms with Gasteiger partial charge in [-0.2, -0.15) is 9.97 Å². The second-order valence-electron chi connectivity index (χ2n) is 3.38. The van der Waals surface area contributed by atoms with E-state index < -0.39 is 5.97 Å². The molecular weight excluding hydrogens is 284 g/mol. The number of rotatable bonds is 5. The maximum Gasteiger partial charge on any atom is 0.337 e. The minimum absolute atomic E-state index is 0.111. The first-order chi connectivity index (χ1) is 9.62. The van der Waals surface area contributed by atoms with Crippen molar-refractivity contribution in [1.29, 1.82) is 0 Å². The Morgan fingerprint density at radius 1 is 1.15 bits per heavy atom. The van der Waals surface area contributed by atoms with Crippen molar-refractivity contribution in [3.8, 4) is 12.0 Å². The topological polar surface area (TPSA) is 107 Å². The van der Waals surface area contributed by atoms with E-state index in [2.05, 4.69) is 19.9 Å². The van der Waals surface area contributed by atoms with Crippen LogP contribution in [0.5, 0.6) is 12.0 Å². The molecule has 0 unspecified atom stereocenters. The number of pyridine rings is 1. The lowest BCUT2D eigenvalue weighted by Gasteiger charge is -2.04. The molecule has 2 aromatic heterocycles. The summed E-state index contributed by atoms with van der Waals surface area (Å²) in [6.07, 6.45) is 1.26. The Morgan fingerprint density at radius 2 is 1.80 bits per heavy atom. The Kier molecular flexibility index (Phi) is 4.31. The predicted molar refractivity (Wildman–Crippen MR) is 68.3 cm³/mol. The minimum atomic E-state index is -1.03. The highest BCUT2D eigenvalue weighted by Crippen LogP contribution is 2.25. The number of hydrogen-bond acceptors (Lipinski definition) is 8. The second-order valence-corrected chi connectivity index (χ2v) is 4.37. The third-order valence-corrected chi connectivity index (χ3v) is 2.93. The average molecular weight is 294 g/mol. The van der Waals surface area contributed by atoms with Gasteiger partial charge in [-0.1, -0.05) is 0 Å². The lowest BCUT2D eigenvalue weighted by molar-refractivity contribution is 0.0696. The molecule has 1 N–H and O–H groups in total. The van der Waals surface area contributed by atoms with Crippen molar-refractivity contribution in [2.24, 2.45) is 0 Å². The van der Waals surface area contributed by atoms with E-state index in [-0.39, 0.29) is 17.6 Å². The van der Waals surface area contributed by atoms with E-state index >= 15 is 0 Å². The maximum atomic E-state index is 10.7. The van der Waals surface area contributed by atoms with Gasteiger partial charge in [-0.25, -0.2) is 9.78 Å². The van der Waals surface area contributed by atoms with E-state index in [1.54, 1.807) is 6.07 Å². The standard InChI is InChI=1S/C11H10N4O4S/c1-18-9-13-10(19-2)15-11(14-9)20-7-4-3-6(5-12-7)8(16)17/h3-5H,1-2H3,(H,16,17). The minimum Gasteiger partial charge on any atom is -0.478 e. The van der Waals surface area contributed by atoms with Gasteiger partial charge in [-0.3, -0.25) is 0 Å². The van der Waals surface area contributed by atoms with Crippen molar-refractivity contribution < 1.29 is 19.4 Å². The Morgan fingerprint density at radius 3 is 2.25 bits per heavy atom. The van der Waals surface area contributed by atoms with Crippen LogP contribution >= 0.6 is 11.8 Å². The van der Waals surface area contributed by atoms with Crippen LogP contribution in [0.4, 0.5) is 0 Å². The highest BCUT2D eigenvalue weighted by Gasteiger charge is 2.10. The van der Waals surface area contributed by atoms with Crippen LogP contribution in [0.15, 0.2) is 28.5 Å². The van der Waals surface area contributed by atoms with E-state index in [1.807, 2.05) is 0 Å². The Balaban J connectivity index is 2.22. The number of aromatic nitrogens is 4. The number of aromatic carboxylic acids is 1. The molecule has 20 heavy (non-hydrogen) atoms. The molecule has 0 spiro atoms. The van der Waals surface area contributed by atoms with Gasteiger partial charge in [-0.15, -0.1) is 4.98 Å². The van der Waals surface area contributed by atoms with Gasteiger partial charge >= 0.3 is 18.0 Å². The normalized spacial score (nSPS) is 10.1. The lowest BCUT2D eigenvalue weighted by atomic mass is 10.3. The Bertz CT molecular complexity index is 598. The summed E-state index contributed by atoms with van der Waals surface area (Å²) in [5.41, 5.74) is 0.111. The Hall–Kier alpha value is -2.42. The van der Waals surface area contributed by atoms with E-state index in [0.29, 0.717) is 10.2 Å². The molecule has 2 rings (SSSR count). The SMILES string of the molecule is COc1nc(OC)nc(Sc2ccc(C(=O)O)cn2)n1. The van der Waals surface area contributed by atoms with Crippen molar-refractivity contribution in [3.05, 3.63) is 23.9 Å². The number of ether oxygens (including phenoxy) is 2. The summed E-state index contributed by atoms with van der Waals surface area (Å²) in [5, 5.41) is 9.67. The quantitative estimate of drug-likeness (QED) is 0.868. The molecule has 0 amide bonds. The molecule has 0 saturated carbocycles. The first-order valence-corrected chi connectivity index (χ1v) is 6.15. The van der Waals surface area contributed by atoms with E-state index in [4.69, 9.17) is 14.6 Å². The summed E-state index contributed by atoms with van der Waals surface area (Å²) >= 11 is 1.14. The Labute approximate surface area is 118 Å². The van der Waals surface area contributed by atoms with Crippen molar-refractivity contribution in [2.45, 2.75) is 10.2 Å². The van der Waals surface area contributed by atoms with Crippen LogP contribution < -0.4 is 9.47 Å². The smallest absolute Gasteiger partial charge is 0.337 e. The first-order valence-electron chi connectivity index (χ1n) is 5.33. The summed E-state index contributed by atoms with van der Waals surface area (Å²) in [4.78, 5) is 26.7. The predicted octanol–water partition coefficient (Wildman–Crippen LogP) is 1.13. The zero-order chi connectivity index (χ0) is 14.5. The third kappa shape index (κ3) is 3.32. The molecule has 0 aliphatic carbocycles. The molecule has 0 aliphatic rings. The fraction of sp³-hybridized carbons (Fsp3) is 0.182. The first kappa shape index (κ1) is 14.0. The maximum absolute atomic E-state index is 10.7. The zero-order valence-electron chi connectivity index (χ0n) is 10.6. The summed E-state index contributed by atoms with van der Waals surface area (Å²) in [5.74, 6) is -1.03. The van der Waals surface area contributed by atoms with E-state index in [9.17, 15) is 4.79 Å². The van der Waals surface area contributed by atoms with Gasteiger partial charge in [0.1, 0.15) is 5.03 Å². The lowest BCUT2D eigenvalue weighted by Crippen LogP contribution is -2.00. The van der Waals surface area contributed by atoms with Crippen LogP contribution in [0.2, 0.25) is 0 Å². The molecule has 9 heteroatoms. The summed E-state index contributed by atoms with van der Waals surface area (Å²) in [6.45, 7) is 0. The molecule has 0 radical (unpaired) electrons. The highest BCUT2D eigenvalue weighted by atomic mass is 32.2. The largest absolute Gasteiger partial charge is 0.478 e. The van der Waals surface area contributed by atoms with Gasteiger partial charge in [0.25, 0.3) is 0 Å². The third-order valence-electron chi connectivity index (χ3n) is 2.12. The zero-order valence-corrected chi connectivity index (χ0v) is 11.4. The van der Waals surface area contributed by atoms with E-state index in [1.165, 1.54) is 26.5 Å². The summed E-state index contributed by atoms with van der Waals surface area (Å²) < 4.78 is 9.86. The van der Waals surface area contributed by atoms with E-state index in [0.717, 1.165) is 11.8 Å². The van der Waals surface area contributed by atoms with Crippen LogP contribution in [-0.2, 0) is 0 Å². The summed E-state index contributed by atoms with van der Waals surface area (Å²) in [6, 6.07) is 3.27. The number of carbonyl (C=O) groups is 1. The molecule has 104 valence electrons. The average Bonchev–Trinajstić information content (AvgIpc) is 2.47. The van der Waals surface area contributed by atoms with Gasteiger partial charge in [-0.05, 0) is 23.9 Å². The number of nitrogens with zero attached hydrogens (tertiary/aromatic N) is 4. The highest BCUT2D eigenvalue weighted by molar-refractivity contribution is 7.99. The molecule has 8 nitrogen and oxygen atoms in total. The van der Waals surface area contributed by atoms with Gasteiger partial charge in [0.2, 0.25) is 5.16 Å². The van der Waals surface area contributed by atoms with Crippen LogP contribution in [-0.4, -0.2) is 45.2 Å². The van der Waals surface area contributed by atoms with Crippen LogP contribution in [0, 0.1) is 0 Å². The van der Waals surface area contributed by atoms with Gasteiger partial charge in [0, 0.05) is 6.20 Å². The van der Waals surface area contributed by atoms with Crippen molar-refractivity contribution in [3.63, 3.8) is 0 Å². The fourth-order valence-electron chi connectivity index (χ4n) is 1.21. The molecular formula is C11H10N4O4S. The van der Waals surface area contributed by atoms with Crippen molar-refractivity contribution in [2.75, 3.05) is 14.2 Å². The summed E-state index contributed by atoms with van der Waals surface area (Å²) in [7, 11) is 2.87. The van der Waals surface area contributed by atoms with Gasteiger partial charge in [0.15, 0.2) is 0 Å². The second kappa shape index (κ2) is 6.15.